The molecule has 2 aliphatic rings. The zero-order chi connectivity index (χ0) is 19.5. The third kappa shape index (κ3) is 3.94. The molecular formula is C21H21IN2O4. The zero-order valence-electron chi connectivity index (χ0n) is 15.3. The van der Waals surface area contributed by atoms with Gasteiger partial charge in [-0.05, 0) is 65.3 Å². The maximum atomic E-state index is 12.8. The van der Waals surface area contributed by atoms with Gasteiger partial charge >= 0.3 is 0 Å². The van der Waals surface area contributed by atoms with Crippen molar-refractivity contribution in [1.82, 2.24) is 10.2 Å². The molecule has 7 heteroatoms. The fourth-order valence-electron chi connectivity index (χ4n) is 3.68. The minimum absolute atomic E-state index is 0.00269. The van der Waals surface area contributed by atoms with Crippen LogP contribution in [-0.2, 0) is 4.79 Å². The average Bonchev–Trinajstić information content (AvgIpc) is 3.22. The highest BCUT2D eigenvalue weighted by atomic mass is 127. The monoisotopic (exact) mass is 492 g/mol. The molecule has 0 aliphatic carbocycles. The van der Waals surface area contributed by atoms with Crippen LogP contribution in [0.1, 0.15) is 34.8 Å². The van der Waals surface area contributed by atoms with Crippen LogP contribution >= 0.6 is 22.6 Å². The second-order valence-corrected chi connectivity index (χ2v) is 7.97. The Balaban J connectivity index is 1.42. The van der Waals surface area contributed by atoms with Crippen molar-refractivity contribution in [2.75, 3.05) is 26.3 Å². The Labute approximate surface area is 177 Å². The summed E-state index contributed by atoms with van der Waals surface area (Å²) in [6.45, 7) is 1.77. The highest BCUT2D eigenvalue weighted by molar-refractivity contribution is 14.1. The molecule has 2 aliphatic heterocycles. The first-order valence-electron chi connectivity index (χ1n) is 9.35. The molecule has 2 amide bonds. The molecule has 0 radical (unpaired) electrons. The van der Waals surface area contributed by atoms with Crippen LogP contribution < -0.4 is 14.8 Å². The van der Waals surface area contributed by atoms with Crippen molar-refractivity contribution in [1.29, 1.82) is 0 Å². The van der Waals surface area contributed by atoms with E-state index in [2.05, 4.69) is 27.9 Å². The molecule has 0 spiro atoms. The summed E-state index contributed by atoms with van der Waals surface area (Å²) in [5.41, 5.74) is 1.62. The Hall–Kier alpha value is -2.29. The zero-order valence-corrected chi connectivity index (χ0v) is 17.5. The summed E-state index contributed by atoms with van der Waals surface area (Å²) in [4.78, 5) is 27.0. The van der Waals surface area contributed by atoms with Crippen molar-refractivity contribution in [3.63, 3.8) is 0 Å². The van der Waals surface area contributed by atoms with Gasteiger partial charge in [-0.25, -0.2) is 0 Å². The van der Waals surface area contributed by atoms with Crippen LogP contribution in [0.25, 0.3) is 0 Å². The number of fused-ring (bicyclic) bond motifs is 1. The molecule has 1 N–H and O–H groups in total. The number of carbonyl (C=O) groups is 2. The van der Waals surface area contributed by atoms with E-state index in [1.54, 1.807) is 6.07 Å². The van der Waals surface area contributed by atoms with E-state index in [1.165, 1.54) is 0 Å². The van der Waals surface area contributed by atoms with E-state index in [0.717, 1.165) is 33.5 Å². The molecule has 1 fully saturated rings. The van der Waals surface area contributed by atoms with Crippen LogP contribution in [0.15, 0.2) is 42.5 Å². The number of hydrogen-bond acceptors (Lipinski definition) is 4. The van der Waals surface area contributed by atoms with E-state index in [0.29, 0.717) is 25.3 Å². The highest BCUT2D eigenvalue weighted by Gasteiger charge is 2.31. The Morgan fingerprint density at radius 2 is 1.89 bits per heavy atom. The molecule has 0 unspecified atom stereocenters. The summed E-state index contributed by atoms with van der Waals surface area (Å²) < 4.78 is 12.1. The largest absolute Gasteiger partial charge is 0.486 e. The Morgan fingerprint density at radius 3 is 2.71 bits per heavy atom. The normalized spacial score (nSPS) is 18.0. The predicted octanol–water partition coefficient (Wildman–Crippen LogP) is 3.16. The van der Waals surface area contributed by atoms with Gasteiger partial charge in [-0.3, -0.25) is 9.59 Å². The lowest BCUT2D eigenvalue weighted by molar-refractivity contribution is -0.131. The highest BCUT2D eigenvalue weighted by Crippen LogP contribution is 2.38. The molecule has 1 saturated heterocycles. The van der Waals surface area contributed by atoms with Crippen molar-refractivity contribution < 1.29 is 19.1 Å². The molecule has 0 bridgehead atoms. The van der Waals surface area contributed by atoms with Gasteiger partial charge < -0.3 is 19.7 Å². The standard InChI is InChI=1S/C21H21IN2O4/c22-16-5-2-1-4-15(16)21(26)23-13-20(25)24-9-3-6-17(24)14-7-8-18-19(12-14)28-11-10-27-18/h1-2,4-5,7-8,12,17H,3,6,9-11,13H2,(H,23,26)/t17-/m1/s1. The van der Waals surface area contributed by atoms with Gasteiger partial charge in [-0.2, -0.15) is 0 Å². The number of amides is 2. The van der Waals surface area contributed by atoms with Gasteiger partial charge in [-0.1, -0.05) is 18.2 Å². The first-order valence-corrected chi connectivity index (χ1v) is 10.4. The first kappa shape index (κ1) is 19.0. The van der Waals surface area contributed by atoms with Gasteiger partial charge in [-0.15, -0.1) is 0 Å². The van der Waals surface area contributed by atoms with Crippen LogP contribution in [0.3, 0.4) is 0 Å². The van der Waals surface area contributed by atoms with Gasteiger partial charge in [0, 0.05) is 10.1 Å². The lowest BCUT2D eigenvalue weighted by atomic mass is 10.0. The Kier molecular flexibility index (Phi) is 5.70. The minimum Gasteiger partial charge on any atom is -0.486 e. The minimum atomic E-state index is -0.228. The molecule has 146 valence electrons. The van der Waals surface area contributed by atoms with E-state index < -0.39 is 0 Å². The van der Waals surface area contributed by atoms with Crippen molar-refractivity contribution in [2.45, 2.75) is 18.9 Å². The van der Waals surface area contributed by atoms with Crippen LogP contribution in [0.2, 0.25) is 0 Å². The Bertz CT molecular complexity index is 902. The number of ether oxygens (including phenoxy) is 2. The van der Waals surface area contributed by atoms with Crippen molar-refractivity contribution >= 4 is 34.4 Å². The van der Waals surface area contributed by atoms with E-state index in [9.17, 15) is 9.59 Å². The number of rotatable bonds is 4. The van der Waals surface area contributed by atoms with Gasteiger partial charge in [0.15, 0.2) is 11.5 Å². The lowest BCUT2D eigenvalue weighted by Gasteiger charge is -2.27. The van der Waals surface area contributed by atoms with Gasteiger partial charge in [0.25, 0.3) is 5.91 Å². The molecule has 1 atom stereocenters. The van der Waals surface area contributed by atoms with Crippen molar-refractivity contribution in [2.24, 2.45) is 0 Å². The molecule has 2 aromatic rings. The first-order chi connectivity index (χ1) is 13.6. The molecule has 0 saturated carbocycles. The average molecular weight is 492 g/mol. The third-order valence-corrected chi connectivity index (χ3v) is 5.98. The van der Waals surface area contributed by atoms with Crippen molar-refractivity contribution in [3.05, 3.63) is 57.2 Å². The number of likely N-dealkylation sites (tertiary alicyclic amines) is 1. The topological polar surface area (TPSA) is 67.9 Å². The van der Waals surface area contributed by atoms with Crippen LogP contribution in [-0.4, -0.2) is 43.0 Å². The molecule has 0 aromatic heterocycles. The number of carbonyl (C=O) groups excluding carboxylic acids is 2. The summed E-state index contributed by atoms with van der Waals surface area (Å²) in [6.07, 6.45) is 1.84. The van der Waals surface area contributed by atoms with Crippen LogP contribution in [0.4, 0.5) is 0 Å². The van der Waals surface area contributed by atoms with E-state index in [4.69, 9.17) is 9.47 Å². The number of nitrogens with one attached hydrogen (secondary N) is 1. The molecule has 4 rings (SSSR count). The SMILES string of the molecule is O=C(NCC(=O)N1CCC[C@@H]1c1ccc2c(c1)OCCO2)c1ccccc1I. The summed E-state index contributed by atoms with van der Waals surface area (Å²) >= 11 is 2.12. The second-order valence-electron chi connectivity index (χ2n) is 6.81. The van der Waals surface area contributed by atoms with E-state index in [1.807, 2.05) is 41.3 Å². The Morgan fingerprint density at radius 1 is 1.11 bits per heavy atom. The van der Waals surface area contributed by atoms with E-state index in [-0.39, 0.29) is 24.4 Å². The molecule has 6 nitrogen and oxygen atoms in total. The third-order valence-electron chi connectivity index (χ3n) is 5.04. The fraction of sp³-hybridized carbons (Fsp3) is 0.333. The molecular weight excluding hydrogens is 471 g/mol. The predicted molar refractivity (Wildman–Crippen MR) is 113 cm³/mol. The smallest absolute Gasteiger partial charge is 0.252 e. The summed E-state index contributed by atoms with van der Waals surface area (Å²) in [7, 11) is 0. The summed E-state index contributed by atoms with van der Waals surface area (Å²) in [5, 5.41) is 2.76. The number of hydrogen-bond donors (Lipinski definition) is 1. The van der Waals surface area contributed by atoms with Gasteiger partial charge in [0.05, 0.1) is 18.2 Å². The number of nitrogens with zero attached hydrogens (tertiary/aromatic N) is 1. The number of halogens is 1. The van der Waals surface area contributed by atoms with Gasteiger partial charge in [0.1, 0.15) is 13.2 Å². The molecule has 28 heavy (non-hydrogen) atoms. The van der Waals surface area contributed by atoms with E-state index >= 15 is 0 Å². The molecule has 2 aromatic carbocycles. The number of benzene rings is 2. The van der Waals surface area contributed by atoms with Crippen molar-refractivity contribution in [3.8, 4) is 11.5 Å². The van der Waals surface area contributed by atoms with Crippen LogP contribution in [0, 0.1) is 3.57 Å². The summed E-state index contributed by atoms with van der Waals surface area (Å²) in [5.74, 6) is 1.18. The fourth-order valence-corrected chi connectivity index (χ4v) is 4.31. The quantitative estimate of drug-likeness (QED) is 0.667. The maximum Gasteiger partial charge on any atom is 0.252 e. The lowest BCUT2D eigenvalue weighted by Crippen LogP contribution is -2.40. The van der Waals surface area contributed by atoms with Crippen LogP contribution in [0.5, 0.6) is 11.5 Å². The maximum absolute atomic E-state index is 12.8. The summed E-state index contributed by atoms with van der Waals surface area (Å²) in [6, 6.07) is 13.2. The molecule has 2 heterocycles. The second kappa shape index (κ2) is 8.38. The van der Waals surface area contributed by atoms with Gasteiger partial charge in [0.2, 0.25) is 5.91 Å².